The third-order valence-electron chi connectivity index (χ3n) is 2.39. The van der Waals surface area contributed by atoms with Crippen molar-refractivity contribution >= 4 is 11.3 Å². The molecule has 1 unspecified atom stereocenters. The van der Waals surface area contributed by atoms with E-state index in [1.54, 1.807) is 0 Å². The molecule has 0 fully saturated rings. The predicted molar refractivity (Wildman–Crippen MR) is 65.1 cm³/mol. The highest BCUT2D eigenvalue weighted by Crippen LogP contribution is 2.15. The van der Waals surface area contributed by atoms with Gasteiger partial charge in [-0.2, -0.15) is 0 Å². The summed E-state index contributed by atoms with van der Waals surface area (Å²) in [5, 5.41) is 5.79. The van der Waals surface area contributed by atoms with E-state index >= 15 is 0 Å². The fourth-order valence-electron chi connectivity index (χ4n) is 1.50. The van der Waals surface area contributed by atoms with Crippen LogP contribution in [0.3, 0.4) is 0 Å². The van der Waals surface area contributed by atoms with Crippen molar-refractivity contribution in [3.8, 4) is 0 Å². The number of rotatable bonds is 6. The molecule has 1 atom stereocenters. The maximum atomic E-state index is 3.51. The first-order valence-electron chi connectivity index (χ1n) is 5.49. The van der Waals surface area contributed by atoms with E-state index in [0.717, 1.165) is 6.54 Å². The highest BCUT2D eigenvalue weighted by atomic mass is 32.1. The van der Waals surface area contributed by atoms with Gasteiger partial charge < -0.3 is 5.32 Å². The van der Waals surface area contributed by atoms with E-state index in [-0.39, 0.29) is 0 Å². The maximum Gasteiger partial charge on any atom is 0.00418 e. The molecule has 1 N–H and O–H groups in total. The van der Waals surface area contributed by atoms with Crippen molar-refractivity contribution in [1.82, 2.24) is 5.32 Å². The van der Waals surface area contributed by atoms with Gasteiger partial charge in [0, 0.05) is 10.9 Å². The predicted octanol–water partition coefficient (Wildman–Crippen LogP) is 3.38. The average Bonchev–Trinajstić information content (AvgIpc) is 2.58. The van der Waals surface area contributed by atoms with Gasteiger partial charge in [0.05, 0.1) is 0 Å². The van der Waals surface area contributed by atoms with Gasteiger partial charge in [-0.3, -0.25) is 0 Å². The minimum Gasteiger partial charge on any atom is -0.314 e. The Balaban J connectivity index is 2.20. The number of thiophene rings is 1. The Bertz CT molecular complexity index is 255. The van der Waals surface area contributed by atoms with Crippen LogP contribution in [0.25, 0.3) is 0 Å². The molecule has 1 heterocycles. The molecule has 1 aromatic heterocycles. The van der Waals surface area contributed by atoms with E-state index in [1.165, 1.54) is 29.7 Å². The third-order valence-corrected chi connectivity index (χ3v) is 3.30. The van der Waals surface area contributed by atoms with Crippen LogP contribution in [0.15, 0.2) is 11.4 Å². The van der Waals surface area contributed by atoms with Crippen LogP contribution in [0.5, 0.6) is 0 Å². The van der Waals surface area contributed by atoms with Gasteiger partial charge in [0.2, 0.25) is 0 Å². The van der Waals surface area contributed by atoms with E-state index in [0.29, 0.717) is 6.04 Å². The Morgan fingerprint density at radius 2 is 2.29 bits per heavy atom. The molecule has 1 aromatic rings. The molecule has 80 valence electrons. The lowest BCUT2D eigenvalue weighted by molar-refractivity contribution is 0.514. The Hall–Kier alpha value is -0.340. The second-order valence-electron chi connectivity index (χ2n) is 3.96. The van der Waals surface area contributed by atoms with Crippen molar-refractivity contribution in [2.75, 3.05) is 6.54 Å². The van der Waals surface area contributed by atoms with Gasteiger partial charge in [0.15, 0.2) is 0 Å². The molecule has 0 aromatic carbocycles. The first kappa shape index (κ1) is 11.7. The molecule has 0 amide bonds. The summed E-state index contributed by atoms with van der Waals surface area (Å²) in [6.45, 7) is 7.80. The molecule has 1 rings (SSSR count). The fraction of sp³-hybridized carbons (Fsp3) is 0.667. The van der Waals surface area contributed by atoms with Crippen LogP contribution >= 0.6 is 11.3 Å². The molecular formula is C12H21NS. The van der Waals surface area contributed by atoms with E-state index < -0.39 is 0 Å². The van der Waals surface area contributed by atoms with Crippen LogP contribution in [0.4, 0.5) is 0 Å². The van der Waals surface area contributed by atoms with Crippen molar-refractivity contribution < 1.29 is 0 Å². The monoisotopic (exact) mass is 211 g/mol. The van der Waals surface area contributed by atoms with Crippen molar-refractivity contribution in [2.45, 2.75) is 46.1 Å². The van der Waals surface area contributed by atoms with Gasteiger partial charge in [-0.15, -0.1) is 11.3 Å². The van der Waals surface area contributed by atoms with Crippen LogP contribution in [-0.2, 0) is 6.42 Å². The normalized spacial score (nSPS) is 13.1. The van der Waals surface area contributed by atoms with Crippen LogP contribution < -0.4 is 5.32 Å². The molecule has 0 aliphatic carbocycles. The van der Waals surface area contributed by atoms with E-state index in [4.69, 9.17) is 0 Å². The molecule has 0 bridgehead atoms. The van der Waals surface area contributed by atoms with Gasteiger partial charge in [0.25, 0.3) is 0 Å². The van der Waals surface area contributed by atoms with Crippen molar-refractivity contribution in [3.05, 3.63) is 21.9 Å². The first-order valence-corrected chi connectivity index (χ1v) is 6.37. The quantitative estimate of drug-likeness (QED) is 0.760. The summed E-state index contributed by atoms with van der Waals surface area (Å²) >= 11 is 1.85. The zero-order chi connectivity index (χ0) is 10.4. The lowest BCUT2D eigenvalue weighted by Crippen LogP contribution is -2.26. The SMILES string of the molecule is CCCNC(C)CCc1csc(C)c1. The van der Waals surface area contributed by atoms with E-state index in [2.05, 4.69) is 37.5 Å². The summed E-state index contributed by atoms with van der Waals surface area (Å²) in [5.41, 5.74) is 1.50. The third kappa shape index (κ3) is 4.25. The zero-order valence-electron chi connectivity index (χ0n) is 9.47. The number of nitrogens with one attached hydrogen (secondary N) is 1. The zero-order valence-corrected chi connectivity index (χ0v) is 10.3. The lowest BCUT2D eigenvalue weighted by atomic mass is 10.1. The molecule has 1 nitrogen and oxygen atoms in total. The summed E-state index contributed by atoms with van der Waals surface area (Å²) in [6, 6.07) is 2.95. The number of hydrogen-bond acceptors (Lipinski definition) is 2. The second kappa shape index (κ2) is 6.20. The van der Waals surface area contributed by atoms with Crippen LogP contribution in [0, 0.1) is 6.92 Å². The molecule has 0 aliphatic rings. The van der Waals surface area contributed by atoms with Crippen LogP contribution in [-0.4, -0.2) is 12.6 Å². The van der Waals surface area contributed by atoms with Crippen molar-refractivity contribution in [1.29, 1.82) is 0 Å². The maximum absolute atomic E-state index is 3.51. The summed E-state index contributed by atoms with van der Waals surface area (Å²) < 4.78 is 0. The Morgan fingerprint density at radius 3 is 2.86 bits per heavy atom. The Labute approximate surface area is 91.5 Å². The minimum absolute atomic E-state index is 0.648. The van der Waals surface area contributed by atoms with Gasteiger partial charge in [0.1, 0.15) is 0 Å². The van der Waals surface area contributed by atoms with Gasteiger partial charge >= 0.3 is 0 Å². The fourth-order valence-corrected chi connectivity index (χ4v) is 2.25. The smallest absolute Gasteiger partial charge is 0.00418 e. The standard InChI is InChI=1S/C12H21NS/c1-4-7-13-10(2)5-6-12-8-11(3)14-9-12/h8-10,13H,4-7H2,1-3H3. The number of hydrogen-bond donors (Lipinski definition) is 1. The van der Waals surface area contributed by atoms with Gasteiger partial charge in [-0.1, -0.05) is 6.92 Å². The summed E-state index contributed by atoms with van der Waals surface area (Å²) in [6.07, 6.45) is 3.68. The first-order chi connectivity index (χ1) is 6.72. The molecule has 0 aliphatic heterocycles. The molecule has 0 saturated carbocycles. The molecular weight excluding hydrogens is 190 g/mol. The summed E-state index contributed by atoms with van der Waals surface area (Å²) in [4.78, 5) is 1.43. The second-order valence-corrected chi connectivity index (χ2v) is 5.07. The van der Waals surface area contributed by atoms with E-state index in [9.17, 15) is 0 Å². The summed E-state index contributed by atoms with van der Waals surface area (Å²) in [7, 11) is 0. The molecule has 2 heteroatoms. The van der Waals surface area contributed by atoms with Crippen molar-refractivity contribution in [3.63, 3.8) is 0 Å². The average molecular weight is 211 g/mol. The van der Waals surface area contributed by atoms with E-state index in [1.807, 2.05) is 11.3 Å². The summed E-state index contributed by atoms with van der Waals surface area (Å²) in [5.74, 6) is 0. The van der Waals surface area contributed by atoms with Gasteiger partial charge in [-0.05, 0) is 56.7 Å². The Kier molecular flexibility index (Phi) is 5.20. The molecule has 0 radical (unpaired) electrons. The van der Waals surface area contributed by atoms with Crippen LogP contribution in [0.2, 0.25) is 0 Å². The van der Waals surface area contributed by atoms with Crippen LogP contribution in [0.1, 0.15) is 37.1 Å². The minimum atomic E-state index is 0.648. The lowest BCUT2D eigenvalue weighted by Gasteiger charge is -2.11. The number of aryl methyl sites for hydroxylation is 2. The van der Waals surface area contributed by atoms with Crippen molar-refractivity contribution in [2.24, 2.45) is 0 Å². The largest absolute Gasteiger partial charge is 0.314 e. The highest BCUT2D eigenvalue weighted by Gasteiger charge is 2.02. The molecule has 0 saturated heterocycles. The molecule has 0 spiro atoms. The highest BCUT2D eigenvalue weighted by molar-refractivity contribution is 7.10. The molecule has 14 heavy (non-hydrogen) atoms. The van der Waals surface area contributed by atoms with Gasteiger partial charge in [-0.25, -0.2) is 0 Å². The topological polar surface area (TPSA) is 12.0 Å². The Morgan fingerprint density at radius 1 is 1.50 bits per heavy atom.